The first-order valence-corrected chi connectivity index (χ1v) is 9.12. The Morgan fingerprint density at radius 3 is 2.32 bits per heavy atom. The number of hydrogen-bond donors (Lipinski definition) is 0. The van der Waals surface area contributed by atoms with Crippen LogP contribution in [0.15, 0.2) is 11.3 Å². The van der Waals surface area contributed by atoms with Gasteiger partial charge in [0.05, 0.1) is 0 Å². The van der Waals surface area contributed by atoms with E-state index in [9.17, 15) is 18.0 Å². The molecule has 0 aromatic heterocycles. The molecule has 2 aliphatic rings. The minimum absolute atomic E-state index is 0.0325. The molecule has 0 unspecified atom stereocenters. The van der Waals surface area contributed by atoms with Gasteiger partial charge in [-0.3, -0.25) is 9.69 Å². The van der Waals surface area contributed by atoms with Gasteiger partial charge in [0.1, 0.15) is 15.5 Å². The van der Waals surface area contributed by atoms with Gasteiger partial charge in [0.2, 0.25) is 0 Å². The van der Waals surface area contributed by atoms with Gasteiger partial charge in [-0.2, -0.15) is 0 Å². The molecular formula is C13H18BrNO6S. The van der Waals surface area contributed by atoms with Crippen LogP contribution < -0.4 is 0 Å². The summed E-state index contributed by atoms with van der Waals surface area (Å²) < 4.78 is 34.1. The zero-order valence-electron chi connectivity index (χ0n) is 12.9. The quantitative estimate of drug-likeness (QED) is 0.392. The van der Waals surface area contributed by atoms with E-state index in [1.54, 1.807) is 20.8 Å². The zero-order chi connectivity index (χ0) is 17.0. The molecule has 0 saturated carbocycles. The van der Waals surface area contributed by atoms with Crippen molar-refractivity contribution in [3.05, 3.63) is 11.3 Å². The summed E-state index contributed by atoms with van der Waals surface area (Å²) in [5.41, 5.74) is -0.560. The van der Waals surface area contributed by atoms with Crippen LogP contribution in [0.1, 0.15) is 27.7 Å². The number of ether oxygens (including phenoxy) is 2. The molecule has 124 valence electrons. The highest BCUT2D eigenvalue weighted by molar-refractivity contribution is 9.11. The van der Waals surface area contributed by atoms with Gasteiger partial charge in [0, 0.05) is 7.11 Å². The molecule has 0 N–H and O–H groups in total. The van der Waals surface area contributed by atoms with Gasteiger partial charge in [-0.25, -0.2) is 13.2 Å². The summed E-state index contributed by atoms with van der Waals surface area (Å²) in [6.45, 7) is 6.57. The van der Waals surface area contributed by atoms with Gasteiger partial charge in [-0.05, 0) is 33.3 Å². The van der Waals surface area contributed by atoms with Crippen molar-refractivity contribution in [3.63, 3.8) is 0 Å². The largest absolute Gasteiger partial charge is 0.455 e. The minimum Gasteiger partial charge on any atom is -0.455 e. The van der Waals surface area contributed by atoms with Gasteiger partial charge in [0.15, 0.2) is 21.3 Å². The fourth-order valence-electron chi connectivity index (χ4n) is 2.46. The van der Waals surface area contributed by atoms with Crippen LogP contribution in [0.25, 0.3) is 0 Å². The van der Waals surface area contributed by atoms with Crippen LogP contribution in [0.5, 0.6) is 0 Å². The first-order valence-electron chi connectivity index (χ1n) is 6.60. The summed E-state index contributed by atoms with van der Waals surface area (Å²) in [7, 11) is -2.46. The smallest absolute Gasteiger partial charge is 0.355 e. The molecule has 0 spiro atoms. The van der Waals surface area contributed by atoms with Gasteiger partial charge in [0.25, 0.3) is 5.91 Å². The number of nitrogens with zero attached hydrogens (tertiary/aromatic N) is 1. The van der Waals surface area contributed by atoms with E-state index >= 15 is 0 Å². The van der Waals surface area contributed by atoms with E-state index in [0.29, 0.717) is 0 Å². The Morgan fingerprint density at radius 2 is 1.86 bits per heavy atom. The number of fused-ring (bicyclic) bond motifs is 1. The van der Waals surface area contributed by atoms with Crippen LogP contribution in [0.3, 0.4) is 0 Å². The molecule has 7 nitrogen and oxygen atoms in total. The number of amides is 1. The van der Waals surface area contributed by atoms with Crippen molar-refractivity contribution in [1.82, 2.24) is 4.90 Å². The van der Waals surface area contributed by atoms with E-state index in [2.05, 4.69) is 15.9 Å². The fraction of sp³-hybridized carbons (Fsp3) is 0.692. The second-order valence-corrected chi connectivity index (χ2v) is 9.85. The molecule has 9 heteroatoms. The Kier molecular flexibility index (Phi) is 4.21. The van der Waals surface area contributed by atoms with Crippen LogP contribution >= 0.6 is 15.9 Å². The monoisotopic (exact) mass is 395 g/mol. The van der Waals surface area contributed by atoms with E-state index in [1.165, 1.54) is 14.0 Å². The van der Waals surface area contributed by atoms with Gasteiger partial charge >= 0.3 is 5.97 Å². The van der Waals surface area contributed by atoms with Crippen LogP contribution in [0.4, 0.5) is 0 Å². The molecular weight excluding hydrogens is 378 g/mol. The highest BCUT2D eigenvalue weighted by Crippen LogP contribution is 2.43. The second-order valence-electron chi connectivity index (χ2n) is 6.19. The lowest BCUT2D eigenvalue weighted by Crippen LogP contribution is -2.71. The Bertz CT molecular complexity index is 663. The van der Waals surface area contributed by atoms with Crippen LogP contribution in [-0.4, -0.2) is 53.5 Å². The number of methoxy groups -OCH3 is 1. The number of β-lactam (4-membered cyclic amide) rings is 1. The van der Waals surface area contributed by atoms with Crippen molar-refractivity contribution in [1.29, 1.82) is 0 Å². The van der Waals surface area contributed by atoms with Crippen molar-refractivity contribution in [2.75, 3.05) is 7.11 Å². The number of carbonyl (C=O) groups is 2. The lowest BCUT2D eigenvalue weighted by atomic mass is 10.1. The van der Waals surface area contributed by atoms with Crippen LogP contribution in [0, 0.1) is 0 Å². The van der Waals surface area contributed by atoms with Gasteiger partial charge < -0.3 is 9.47 Å². The van der Waals surface area contributed by atoms with Crippen LogP contribution in [0.2, 0.25) is 0 Å². The SMILES string of the molecule is CO[C@H]1C(=O)N2C(C(=O)OC(C)(C)C)=C(C)[C@@H](Br)S(=O)(=O)[C@H]12. The van der Waals surface area contributed by atoms with E-state index in [0.717, 1.165) is 4.90 Å². The number of carbonyl (C=O) groups excluding carboxylic acids is 2. The maximum atomic E-state index is 12.4. The molecule has 1 saturated heterocycles. The van der Waals surface area contributed by atoms with E-state index in [-0.39, 0.29) is 11.3 Å². The van der Waals surface area contributed by atoms with Crippen LogP contribution in [-0.2, 0) is 28.9 Å². The highest BCUT2D eigenvalue weighted by atomic mass is 79.9. The summed E-state index contributed by atoms with van der Waals surface area (Å²) in [5, 5.41) is -1.21. The normalized spacial score (nSPS) is 30.7. The molecule has 0 aromatic rings. The summed E-state index contributed by atoms with van der Waals surface area (Å²) in [6.07, 6.45) is -1.10. The standard InChI is InChI=1S/C13H18BrNO6S/c1-6-7(12(17)21-13(2,3)4)15-10(16)8(20-5)11(15)22(18,19)9(6)14/h8-9,11H,1-5H3/t8-,9-,11+/m0/s1. The molecule has 1 fully saturated rings. The summed E-state index contributed by atoms with van der Waals surface area (Å²) >= 11 is 3.09. The maximum absolute atomic E-state index is 12.4. The predicted molar refractivity (Wildman–Crippen MR) is 81.6 cm³/mol. The number of halogens is 1. The first-order chi connectivity index (χ1) is 9.93. The third kappa shape index (κ3) is 2.48. The van der Waals surface area contributed by atoms with E-state index in [1.807, 2.05) is 0 Å². The Labute approximate surface area is 137 Å². The minimum atomic E-state index is -3.72. The third-order valence-electron chi connectivity index (χ3n) is 3.42. The average molecular weight is 396 g/mol. The van der Waals surface area contributed by atoms with Crippen molar-refractivity contribution >= 4 is 37.6 Å². The van der Waals surface area contributed by atoms with Gasteiger partial charge in [-0.1, -0.05) is 15.9 Å². The van der Waals surface area contributed by atoms with E-state index in [4.69, 9.17) is 9.47 Å². The summed E-state index contributed by atoms with van der Waals surface area (Å²) in [4.78, 5) is 25.5. The van der Waals surface area contributed by atoms with Crippen molar-refractivity contribution < 1.29 is 27.5 Å². The maximum Gasteiger partial charge on any atom is 0.355 e. The van der Waals surface area contributed by atoms with Crippen molar-refractivity contribution in [3.8, 4) is 0 Å². The molecule has 0 radical (unpaired) electrons. The van der Waals surface area contributed by atoms with Crippen molar-refractivity contribution in [2.24, 2.45) is 0 Å². The lowest BCUT2D eigenvalue weighted by Gasteiger charge is -2.49. The molecule has 0 bridgehead atoms. The number of alkyl halides is 1. The molecule has 2 rings (SSSR count). The summed E-state index contributed by atoms with van der Waals surface area (Å²) in [6, 6.07) is 0. The average Bonchev–Trinajstić information content (AvgIpc) is 2.36. The molecule has 0 aliphatic carbocycles. The second kappa shape index (κ2) is 5.31. The van der Waals surface area contributed by atoms with E-state index < -0.39 is 43.0 Å². The molecule has 1 amide bonds. The highest BCUT2D eigenvalue weighted by Gasteiger charge is 2.62. The molecule has 3 atom stereocenters. The third-order valence-corrected chi connectivity index (χ3v) is 7.73. The summed E-state index contributed by atoms with van der Waals surface area (Å²) in [5.74, 6) is -1.28. The topological polar surface area (TPSA) is 90.0 Å². The Balaban J connectivity index is 2.51. The molecule has 2 heterocycles. The molecule has 0 aromatic carbocycles. The predicted octanol–water partition coefficient (Wildman–Crippen LogP) is 0.935. The first kappa shape index (κ1) is 17.4. The number of rotatable bonds is 2. The lowest BCUT2D eigenvalue weighted by molar-refractivity contribution is -0.167. The van der Waals surface area contributed by atoms with Gasteiger partial charge in [-0.15, -0.1) is 0 Å². The van der Waals surface area contributed by atoms with Crippen molar-refractivity contribution in [2.45, 2.75) is 48.9 Å². The number of sulfone groups is 1. The Morgan fingerprint density at radius 1 is 1.32 bits per heavy atom. The Hall–Kier alpha value is -0.930. The number of hydrogen-bond acceptors (Lipinski definition) is 6. The number of esters is 1. The fourth-order valence-corrected chi connectivity index (χ4v) is 5.27. The molecule has 22 heavy (non-hydrogen) atoms. The molecule has 2 aliphatic heterocycles. The zero-order valence-corrected chi connectivity index (χ0v) is 15.3.